The van der Waals surface area contributed by atoms with Crippen molar-refractivity contribution in [1.29, 1.82) is 0 Å². The zero-order valence-corrected chi connectivity index (χ0v) is 11.4. The van der Waals surface area contributed by atoms with Gasteiger partial charge in [0.1, 0.15) is 0 Å². The first-order valence-electron chi connectivity index (χ1n) is 6.10. The van der Waals surface area contributed by atoms with Crippen molar-refractivity contribution in [2.24, 2.45) is 0 Å². The van der Waals surface area contributed by atoms with Gasteiger partial charge >= 0.3 is 11.9 Å². The molecule has 0 saturated carbocycles. The van der Waals surface area contributed by atoms with Crippen molar-refractivity contribution < 1.29 is 19.8 Å². The Balaban J connectivity index is 2.63. The second kappa shape index (κ2) is 4.75. The average Bonchev–Trinajstić information content (AvgIpc) is 2.43. The summed E-state index contributed by atoms with van der Waals surface area (Å²) in [6.07, 6.45) is 0. The van der Waals surface area contributed by atoms with Crippen molar-refractivity contribution >= 4 is 45.1 Å². The molecule has 21 heavy (non-hydrogen) atoms. The molecule has 104 valence electrons. The molecular formula is C16H9ClO4. The van der Waals surface area contributed by atoms with Crippen LogP contribution >= 0.6 is 11.6 Å². The Kier molecular flexibility index (Phi) is 3.03. The van der Waals surface area contributed by atoms with E-state index in [4.69, 9.17) is 11.6 Å². The maximum absolute atomic E-state index is 11.7. The minimum absolute atomic E-state index is 0.0354. The summed E-state index contributed by atoms with van der Waals surface area (Å²) in [6.45, 7) is 0. The lowest BCUT2D eigenvalue weighted by molar-refractivity contribution is 0.0696. The van der Waals surface area contributed by atoms with Gasteiger partial charge in [0, 0.05) is 10.4 Å². The number of benzene rings is 3. The van der Waals surface area contributed by atoms with Crippen LogP contribution in [-0.4, -0.2) is 22.2 Å². The topological polar surface area (TPSA) is 74.6 Å². The summed E-state index contributed by atoms with van der Waals surface area (Å²) >= 11 is 5.94. The van der Waals surface area contributed by atoms with E-state index in [9.17, 15) is 19.8 Å². The molecule has 0 aliphatic rings. The van der Waals surface area contributed by atoms with Gasteiger partial charge in [-0.25, -0.2) is 9.59 Å². The van der Waals surface area contributed by atoms with Crippen molar-refractivity contribution in [2.45, 2.75) is 0 Å². The molecule has 0 aromatic heterocycles. The fourth-order valence-corrected chi connectivity index (χ4v) is 2.71. The van der Waals surface area contributed by atoms with Crippen molar-refractivity contribution in [2.75, 3.05) is 0 Å². The van der Waals surface area contributed by atoms with Gasteiger partial charge in [0.15, 0.2) is 0 Å². The summed E-state index contributed by atoms with van der Waals surface area (Å²) in [5.74, 6) is -2.34. The van der Waals surface area contributed by atoms with E-state index in [0.29, 0.717) is 21.2 Å². The molecule has 0 fully saturated rings. The number of aromatic carboxylic acids is 2. The number of hydrogen-bond donors (Lipinski definition) is 2. The molecule has 0 unspecified atom stereocenters. The fourth-order valence-electron chi connectivity index (χ4n) is 2.54. The van der Waals surface area contributed by atoms with Gasteiger partial charge in [-0.3, -0.25) is 0 Å². The SMILES string of the molecule is O=C(O)c1cccc2cc3ccc(Cl)cc3c(C(=O)O)c12. The summed E-state index contributed by atoms with van der Waals surface area (Å²) in [5.41, 5.74) is -0.0743. The molecule has 0 bridgehead atoms. The predicted octanol–water partition coefficient (Wildman–Crippen LogP) is 4.04. The van der Waals surface area contributed by atoms with Crippen LogP contribution in [0, 0.1) is 0 Å². The predicted molar refractivity (Wildman–Crippen MR) is 80.4 cm³/mol. The number of hydrogen-bond acceptors (Lipinski definition) is 2. The third-order valence-corrected chi connectivity index (χ3v) is 3.62. The summed E-state index contributed by atoms with van der Waals surface area (Å²) in [6, 6.07) is 11.4. The molecule has 4 nitrogen and oxygen atoms in total. The third kappa shape index (κ3) is 2.10. The zero-order valence-electron chi connectivity index (χ0n) is 10.6. The molecule has 3 aromatic rings. The van der Waals surface area contributed by atoms with E-state index in [1.54, 1.807) is 36.4 Å². The first-order valence-corrected chi connectivity index (χ1v) is 6.48. The van der Waals surface area contributed by atoms with Crippen LogP contribution in [0.25, 0.3) is 21.5 Å². The van der Waals surface area contributed by atoms with E-state index in [-0.39, 0.29) is 16.5 Å². The molecule has 0 spiro atoms. The zero-order chi connectivity index (χ0) is 15.1. The largest absolute Gasteiger partial charge is 0.478 e. The van der Waals surface area contributed by atoms with E-state index >= 15 is 0 Å². The van der Waals surface area contributed by atoms with Gasteiger partial charge in [-0.2, -0.15) is 0 Å². The molecule has 0 saturated heterocycles. The smallest absolute Gasteiger partial charge is 0.336 e. The van der Waals surface area contributed by atoms with Crippen molar-refractivity contribution in [1.82, 2.24) is 0 Å². The molecule has 0 amide bonds. The maximum Gasteiger partial charge on any atom is 0.336 e. The normalized spacial score (nSPS) is 10.9. The van der Waals surface area contributed by atoms with Crippen LogP contribution in [0.1, 0.15) is 20.7 Å². The summed E-state index contributed by atoms with van der Waals surface area (Å²) < 4.78 is 0. The van der Waals surface area contributed by atoms with Crippen LogP contribution < -0.4 is 0 Å². The van der Waals surface area contributed by atoms with Crippen molar-refractivity contribution in [3.05, 3.63) is 58.6 Å². The Morgan fingerprint density at radius 1 is 0.905 bits per heavy atom. The van der Waals surface area contributed by atoms with Gasteiger partial charge in [0.2, 0.25) is 0 Å². The monoisotopic (exact) mass is 300 g/mol. The maximum atomic E-state index is 11.7. The number of rotatable bonds is 2. The highest BCUT2D eigenvalue weighted by atomic mass is 35.5. The lowest BCUT2D eigenvalue weighted by Crippen LogP contribution is -2.05. The minimum atomic E-state index is -1.18. The number of carboxylic acids is 2. The highest BCUT2D eigenvalue weighted by Gasteiger charge is 2.19. The summed E-state index contributed by atoms with van der Waals surface area (Å²) in [4.78, 5) is 23.1. The lowest BCUT2D eigenvalue weighted by atomic mass is 9.93. The van der Waals surface area contributed by atoms with Crippen molar-refractivity contribution in [3.8, 4) is 0 Å². The van der Waals surface area contributed by atoms with Crippen LogP contribution in [0.5, 0.6) is 0 Å². The van der Waals surface area contributed by atoms with E-state index in [2.05, 4.69) is 0 Å². The molecular weight excluding hydrogens is 292 g/mol. The van der Waals surface area contributed by atoms with Gasteiger partial charge in [-0.15, -0.1) is 0 Å². The number of carbonyl (C=O) groups is 2. The highest BCUT2D eigenvalue weighted by molar-refractivity contribution is 6.32. The van der Waals surface area contributed by atoms with Crippen LogP contribution in [0.15, 0.2) is 42.5 Å². The number of carboxylic acid groups (broad SMARTS) is 2. The molecule has 2 N–H and O–H groups in total. The third-order valence-electron chi connectivity index (χ3n) is 3.39. The number of halogens is 1. The summed E-state index contributed by atoms with van der Waals surface area (Å²) in [7, 11) is 0. The minimum Gasteiger partial charge on any atom is -0.478 e. The molecule has 5 heteroatoms. The van der Waals surface area contributed by atoms with E-state index in [0.717, 1.165) is 0 Å². The Hall–Kier alpha value is -2.59. The molecule has 3 rings (SSSR count). The first kappa shape index (κ1) is 13.4. The molecule has 3 aromatic carbocycles. The molecule has 0 heterocycles. The van der Waals surface area contributed by atoms with E-state index in [1.165, 1.54) is 6.07 Å². The van der Waals surface area contributed by atoms with Gasteiger partial charge in [0.05, 0.1) is 11.1 Å². The quantitative estimate of drug-likeness (QED) is 0.700. The van der Waals surface area contributed by atoms with E-state index in [1.807, 2.05) is 0 Å². The Morgan fingerprint density at radius 3 is 2.33 bits per heavy atom. The Morgan fingerprint density at radius 2 is 1.67 bits per heavy atom. The Bertz CT molecular complexity index is 915. The molecule has 0 radical (unpaired) electrons. The molecule has 0 aliphatic heterocycles. The number of fused-ring (bicyclic) bond motifs is 2. The van der Waals surface area contributed by atoms with Gasteiger partial charge in [0.25, 0.3) is 0 Å². The average molecular weight is 301 g/mol. The van der Waals surface area contributed by atoms with Crippen LogP contribution in [0.4, 0.5) is 0 Å². The van der Waals surface area contributed by atoms with Crippen LogP contribution in [0.3, 0.4) is 0 Å². The van der Waals surface area contributed by atoms with Crippen LogP contribution in [0.2, 0.25) is 5.02 Å². The standard InChI is InChI=1S/C16H9ClO4/c17-10-5-4-8-6-9-2-1-3-11(15(18)19)13(9)14(16(20)21)12(8)7-10/h1-7H,(H,18,19)(H,20,21). The molecule has 0 aliphatic carbocycles. The second-order valence-corrected chi connectivity index (χ2v) is 5.07. The first-order chi connectivity index (χ1) is 9.99. The Labute approximate surface area is 124 Å². The van der Waals surface area contributed by atoms with Crippen LogP contribution in [-0.2, 0) is 0 Å². The highest BCUT2D eigenvalue weighted by Crippen LogP contribution is 2.32. The fraction of sp³-hybridized carbons (Fsp3) is 0. The van der Waals surface area contributed by atoms with E-state index < -0.39 is 11.9 Å². The van der Waals surface area contributed by atoms with Gasteiger partial charge < -0.3 is 10.2 Å². The summed E-state index contributed by atoms with van der Waals surface area (Å²) in [5, 5.41) is 21.2. The van der Waals surface area contributed by atoms with Gasteiger partial charge in [-0.1, -0.05) is 29.8 Å². The molecule has 0 atom stereocenters. The lowest BCUT2D eigenvalue weighted by Gasteiger charge is -2.10. The second-order valence-electron chi connectivity index (χ2n) is 4.63. The van der Waals surface area contributed by atoms with Gasteiger partial charge in [-0.05, 0) is 40.4 Å². The van der Waals surface area contributed by atoms with Crippen molar-refractivity contribution in [3.63, 3.8) is 0 Å².